The van der Waals surface area contributed by atoms with Crippen LogP contribution >= 0.6 is 0 Å². The number of likely N-dealkylation sites (tertiary alicyclic amines) is 1. The Bertz CT molecular complexity index is 946. The van der Waals surface area contributed by atoms with Crippen molar-refractivity contribution >= 4 is 6.21 Å². The van der Waals surface area contributed by atoms with Gasteiger partial charge in [0.15, 0.2) is 18.3 Å². The number of nitrogens with zero attached hydrogens (tertiary/aromatic N) is 3. The Hall–Kier alpha value is -2.38. The van der Waals surface area contributed by atoms with E-state index in [1.165, 1.54) is 29.7 Å². The quantitative estimate of drug-likeness (QED) is 0.632. The lowest BCUT2D eigenvalue weighted by Crippen LogP contribution is -3.00. The van der Waals surface area contributed by atoms with E-state index in [9.17, 15) is 0 Å². The summed E-state index contributed by atoms with van der Waals surface area (Å²) in [6.07, 6.45) is 8.22. The highest BCUT2D eigenvalue weighted by Crippen LogP contribution is 2.37. The normalized spacial score (nSPS) is 20.0. The van der Waals surface area contributed by atoms with Crippen molar-refractivity contribution in [1.29, 1.82) is 5.26 Å². The molecule has 2 aliphatic rings. The van der Waals surface area contributed by atoms with Crippen LogP contribution in [0.4, 0.5) is 0 Å². The van der Waals surface area contributed by atoms with Crippen LogP contribution in [-0.2, 0) is 13.0 Å². The summed E-state index contributed by atoms with van der Waals surface area (Å²) in [5.74, 6) is 0.405. The minimum absolute atomic E-state index is 0. The molecule has 3 nitrogen and oxygen atoms in total. The minimum atomic E-state index is -0.00356. The highest BCUT2D eigenvalue weighted by Gasteiger charge is 2.45. The molecule has 2 aromatic carbocycles. The van der Waals surface area contributed by atoms with Crippen LogP contribution < -0.4 is 17.0 Å². The van der Waals surface area contributed by atoms with Crippen LogP contribution in [0, 0.1) is 17.2 Å². The molecule has 30 heavy (non-hydrogen) atoms. The van der Waals surface area contributed by atoms with E-state index in [0.717, 1.165) is 31.6 Å². The third-order valence-corrected chi connectivity index (χ3v) is 6.57. The summed E-state index contributed by atoms with van der Waals surface area (Å²) in [5.41, 5.74) is 4.84. The lowest BCUT2D eigenvalue weighted by molar-refractivity contribution is -0.621. The maximum absolute atomic E-state index is 9.12. The van der Waals surface area contributed by atoms with E-state index in [2.05, 4.69) is 84.1 Å². The van der Waals surface area contributed by atoms with Gasteiger partial charge in [-0.05, 0) is 37.0 Å². The van der Waals surface area contributed by atoms with Gasteiger partial charge in [0, 0.05) is 44.3 Å². The Balaban J connectivity index is 0.00000256. The predicted octanol–water partition coefficient (Wildman–Crippen LogP) is 1.78. The second kappa shape index (κ2) is 9.62. The zero-order chi connectivity index (χ0) is 20.3. The first-order chi connectivity index (χ1) is 14.1. The van der Waals surface area contributed by atoms with Gasteiger partial charge in [0.2, 0.25) is 0 Å². The molecule has 1 atom stereocenters. The summed E-state index contributed by atoms with van der Waals surface area (Å²) in [6, 6.07) is 21.1. The Morgan fingerprint density at radius 3 is 2.30 bits per heavy atom. The number of benzene rings is 2. The summed E-state index contributed by atoms with van der Waals surface area (Å²) in [7, 11) is 0. The molecule has 0 spiro atoms. The van der Waals surface area contributed by atoms with Crippen LogP contribution in [0.2, 0.25) is 0 Å². The number of nitriles is 1. The highest BCUT2D eigenvalue weighted by atomic mass is 79.9. The molecule has 2 heterocycles. The highest BCUT2D eigenvalue weighted by molar-refractivity contribution is 5.69. The molecule has 1 unspecified atom stereocenters. The van der Waals surface area contributed by atoms with E-state index in [0.29, 0.717) is 5.92 Å². The molecule has 0 aliphatic carbocycles. The summed E-state index contributed by atoms with van der Waals surface area (Å²) < 4.78 is 2.50. The van der Waals surface area contributed by atoms with E-state index >= 15 is 0 Å². The number of hydrogen-bond acceptors (Lipinski definition) is 2. The van der Waals surface area contributed by atoms with Crippen LogP contribution in [0.5, 0.6) is 0 Å². The molecule has 0 aromatic heterocycles. The average molecular weight is 464 g/mol. The van der Waals surface area contributed by atoms with Gasteiger partial charge in [0.25, 0.3) is 0 Å². The van der Waals surface area contributed by atoms with Crippen molar-refractivity contribution in [3.8, 4) is 6.07 Å². The summed E-state index contributed by atoms with van der Waals surface area (Å²) in [4.78, 5) is 2.59. The monoisotopic (exact) mass is 463 g/mol. The van der Waals surface area contributed by atoms with Crippen molar-refractivity contribution in [2.24, 2.45) is 5.92 Å². The largest absolute Gasteiger partial charge is 1.00 e. The lowest BCUT2D eigenvalue weighted by atomic mass is 9.77. The SMILES string of the molecule is CC1(C)C(Cc2ccc(C#N)cc2)C(N2CCCC2)=CC=[N+]1Cc1ccccc1.[Br-]. The van der Waals surface area contributed by atoms with Gasteiger partial charge in [0.1, 0.15) is 0 Å². The van der Waals surface area contributed by atoms with Gasteiger partial charge in [-0.2, -0.15) is 5.26 Å². The van der Waals surface area contributed by atoms with E-state index in [1.54, 1.807) is 0 Å². The molecule has 4 heteroatoms. The van der Waals surface area contributed by atoms with Gasteiger partial charge in [0.05, 0.1) is 17.6 Å². The van der Waals surface area contributed by atoms with Gasteiger partial charge in [-0.15, -0.1) is 0 Å². The summed E-state index contributed by atoms with van der Waals surface area (Å²) >= 11 is 0. The van der Waals surface area contributed by atoms with Gasteiger partial charge in [-0.25, -0.2) is 4.58 Å². The first kappa shape index (κ1) is 22.3. The van der Waals surface area contributed by atoms with E-state index < -0.39 is 0 Å². The van der Waals surface area contributed by atoms with Crippen molar-refractivity contribution in [3.05, 3.63) is 83.1 Å². The fourth-order valence-electron chi connectivity index (χ4n) is 4.68. The smallest absolute Gasteiger partial charge is 0.168 e. The maximum Gasteiger partial charge on any atom is 0.168 e. The Morgan fingerprint density at radius 2 is 1.67 bits per heavy atom. The van der Waals surface area contributed by atoms with Crippen LogP contribution in [0.3, 0.4) is 0 Å². The molecule has 0 saturated carbocycles. The van der Waals surface area contributed by atoms with Crippen LogP contribution in [0.1, 0.15) is 43.4 Å². The zero-order valence-corrected chi connectivity index (χ0v) is 19.5. The van der Waals surface area contributed by atoms with Gasteiger partial charge >= 0.3 is 0 Å². The fourth-order valence-corrected chi connectivity index (χ4v) is 4.68. The van der Waals surface area contributed by atoms with E-state index in [-0.39, 0.29) is 22.5 Å². The molecule has 0 bridgehead atoms. The molecule has 156 valence electrons. The number of halogens is 1. The minimum Gasteiger partial charge on any atom is -1.00 e. The number of hydrogen-bond donors (Lipinski definition) is 0. The fraction of sp³-hybridized carbons (Fsp3) is 0.385. The van der Waals surface area contributed by atoms with Gasteiger partial charge < -0.3 is 21.9 Å². The van der Waals surface area contributed by atoms with Crippen LogP contribution in [-0.4, -0.2) is 34.3 Å². The molecule has 4 rings (SSSR count). The van der Waals surface area contributed by atoms with Crippen molar-refractivity contribution in [2.45, 2.75) is 45.2 Å². The molecule has 1 saturated heterocycles. The Morgan fingerprint density at radius 1 is 1.00 bits per heavy atom. The number of allylic oxidation sites excluding steroid dienone is 1. The lowest BCUT2D eigenvalue weighted by Gasteiger charge is -2.39. The van der Waals surface area contributed by atoms with Crippen LogP contribution in [0.25, 0.3) is 0 Å². The second-order valence-electron chi connectivity index (χ2n) is 8.77. The summed E-state index contributed by atoms with van der Waals surface area (Å²) in [5, 5.41) is 9.12. The Labute approximate surface area is 191 Å². The second-order valence-corrected chi connectivity index (χ2v) is 8.77. The van der Waals surface area contributed by atoms with Gasteiger partial charge in [-0.3, -0.25) is 0 Å². The molecule has 1 fully saturated rings. The van der Waals surface area contributed by atoms with Gasteiger partial charge in [-0.1, -0.05) is 42.5 Å². The van der Waals surface area contributed by atoms with E-state index in [1.807, 2.05) is 12.1 Å². The molecular weight excluding hydrogens is 434 g/mol. The predicted molar refractivity (Wildman–Crippen MR) is 118 cm³/mol. The molecule has 0 radical (unpaired) electrons. The average Bonchev–Trinajstić information content (AvgIpc) is 3.27. The van der Waals surface area contributed by atoms with Crippen molar-refractivity contribution < 1.29 is 21.6 Å². The summed E-state index contributed by atoms with van der Waals surface area (Å²) in [6.45, 7) is 8.01. The Kier molecular flexibility index (Phi) is 7.15. The third kappa shape index (κ3) is 4.68. The first-order valence-electron chi connectivity index (χ1n) is 10.7. The van der Waals surface area contributed by atoms with Crippen molar-refractivity contribution in [1.82, 2.24) is 4.90 Å². The zero-order valence-electron chi connectivity index (χ0n) is 17.9. The standard InChI is InChI=1S/C26H30N3.BrH/c1-26(2)24(18-21-10-12-22(19-27)13-11-21)25(28-15-6-7-16-28)14-17-29(26)20-23-8-4-3-5-9-23;/h3-5,8-14,17,24H,6-7,15-16,18,20H2,1-2H3;1H/q+1;/p-1. The maximum atomic E-state index is 9.12. The van der Waals surface area contributed by atoms with Crippen molar-refractivity contribution in [2.75, 3.05) is 13.1 Å². The topological polar surface area (TPSA) is 30.0 Å². The molecule has 0 N–H and O–H groups in total. The molecule has 0 amide bonds. The molecular formula is C26H30BrN3. The van der Waals surface area contributed by atoms with Crippen LogP contribution in [0.15, 0.2) is 66.4 Å². The number of rotatable bonds is 5. The first-order valence-corrected chi connectivity index (χ1v) is 10.7. The van der Waals surface area contributed by atoms with E-state index in [4.69, 9.17) is 5.26 Å². The third-order valence-electron chi connectivity index (χ3n) is 6.57. The molecule has 2 aliphatic heterocycles. The molecule has 2 aromatic rings. The van der Waals surface area contributed by atoms with Crippen molar-refractivity contribution in [3.63, 3.8) is 0 Å².